The van der Waals surface area contributed by atoms with Crippen LogP contribution in [0.15, 0.2) is 72.9 Å². The summed E-state index contributed by atoms with van der Waals surface area (Å²) in [6, 6.07) is 20.6. The Bertz CT molecular complexity index is 1190. The molecule has 0 aliphatic carbocycles. The Labute approximate surface area is 192 Å². The fraction of sp³-hybridized carbons (Fsp3) is 0.192. The molecule has 0 spiro atoms. The van der Waals surface area contributed by atoms with E-state index in [1.54, 1.807) is 24.4 Å². The van der Waals surface area contributed by atoms with Crippen molar-refractivity contribution in [3.05, 3.63) is 89.1 Å². The van der Waals surface area contributed by atoms with Crippen LogP contribution in [0, 0.1) is 0 Å². The van der Waals surface area contributed by atoms with Gasteiger partial charge in [0.1, 0.15) is 29.5 Å². The maximum atomic E-state index is 10.6. The number of H-pyrrole nitrogens is 1. The van der Waals surface area contributed by atoms with Gasteiger partial charge in [-0.1, -0.05) is 56.6 Å². The van der Waals surface area contributed by atoms with Crippen molar-refractivity contribution in [2.45, 2.75) is 32.8 Å². The number of benzene rings is 3. The number of hydrogen-bond donors (Lipinski definition) is 2. The molecule has 0 unspecified atom stereocenters. The first-order valence-corrected chi connectivity index (χ1v) is 10.7. The van der Waals surface area contributed by atoms with Crippen LogP contribution in [0.2, 0.25) is 5.02 Å². The number of phenols is 1. The first kappa shape index (κ1) is 21.8. The minimum absolute atomic E-state index is 0.0655. The number of phenolic OH excluding ortho intramolecular Hbond substituents is 1. The van der Waals surface area contributed by atoms with Gasteiger partial charge in [0.05, 0.1) is 6.20 Å². The zero-order chi connectivity index (χ0) is 22.7. The molecule has 32 heavy (non-hydrogen) atoms. The molecule has 0 radical (unpaired) electrons. The Morgan fingerprint density at radius 1 is 0.938 bits per heavy atom. The van der Waals surface area contributed by atoms with Crippen LogP contribution in [0.5, 0.6) is 23.0 Å². The van der Waals surface area contributed by atoms with E-state index in [1.807, 2.05) is 36.4 Å². The van der Waals surface area contributed by atoms with Crippen molar-refractivity contribution in [2.24, 2.45) is 0 Å². The Morgan fingerprint density at radius 3 is 2.28 bits per heavy atom. The minimum Gasteiger partial charge on any atom is -0.507 e. The van der Waals surface area contributed by atoms with Crippen molar-refractivity contribution in [3.8, 4) is 34.3 Å². The van der Waals surface area contributed by atoms with Crippen LogP contribution in [-0.2, 0) is 12.0 Å². The number of hydrogen-bond acceptors (Lipinski definition) is 4. The highest BCUT2D eigenvalue weighted by atomic mass is 35.5. The third-order valence-electron chi connectivity index (χ3n) is 5.11. The summed E-state index contributed by atoms with van der Waals surface area (Å²) in [7, 11) is 0. The van der Waals surface area contributed by atoms with Gasteiger partial charge in [0.2, 0.25) is 0 Å². The van der Waals surface area contributed by atoms with E-state index in [0.29, 0.717) is 40.1 Å². The highest BCUT2D eigenvalue weighted by Crippen LogP contribution is 2.38. The number of halogens is 1. The Morgan fingerprint density at radius 2 is 1.62 bits per heavy atom. The molecule has 3 aromatic carbocycles. The van der Waals surface area contributed by atoms with Crippen molar-refractivity contribution in [1.82, 2.24) is 10.2 Å². The maximum absolute atomic E-state index is 10.6. The van der Waals surface area contributed by atoms with Crippen molar-refractivity contribution < 1.29 is 14.6 Å². The second-order valence-corrected chi connectivity index (χ2v) is 9.02. The van der Waals surface area contributed by atoms with Crippen molar-refractivity contribution in [1.29, 1.82) is 0 Å². The van der Waals surface area contributed by atoms with Gasteiger partial charge in [0, 0.05) is 16.7 Å². The molecule has 2 N–H and O–H groups in total. The van der Waals surface area contributed by atoms with Gasteiger partial charge in [-0.2, -0.15) is 5.10 Å². The van der Waals surface area contributed by atoms with Crippen LogP contribution >= 0.6 is 11.6 Å². The van der Waals surface area contributed by atoms with Crippen LogP contribution in [-0.4, -0.2) is 15.3 Å². The zero-order valence-corrected chi connectivity index (χ0v) is 19.0. The average molecular weight is 449 g/mol. The van der Waals surface area contributed by atoms with Gasteiger partial charge >= 0.3 is 0 Å². The summed E-state index contributed by atoms with van der Waals surface area (Å²) in [6.07, 6.45) is 1.59. The van der Waals surface area contributed by atoms with Gasteiger partial charge in [0.25, 0.3) is 0 Å². The number of aromatic nitrogens is 2. The van der Waals surface area contributed by atoms with E-state index in [-0.39, 0.29) is 11.2 Å². The molecule has 4 aromatic rings. The summed E-state index contributed by atoms with van der Waals surface area (Å²) in [4.78, 5) is 0. The van der Waals surface area contributed by atoms with Crippen LogP contribution in [0.25, 0.3) is 11.3 Å². The number of rotatable bonds is 6. The van der Waals surface area contributed by atoms with E-state index in [0.717, 1.165) is 5.56 Å². The van der Waals surface area contributed by atoms with Crippen LogP contribution in [0.4, 0.5) is 0 Å². The van der Waals surface area contributed by atoms with E-state index in [9.17, 15) is 5.11 Å². The normalized spacial score (nSPS) is 11.4. The summed E-state index contributed by atoms with van der Waals surface area (Å²) in [5.74, 6) is 1.85. The number of aromatic amines is 1. The molecule has 0 saturated carbocycles. The highest BCUT2D eigenvalue weighted by molar-refractivity contribution is 6.30. The van der Waals surface area contributed by atoms with Crippen molar-refractivity contribution in [3.63, 3.8) is 0 Å². The third-order valence-corrected chi connectivity index (χ3v) is 5.36. The topological polar surface area (TPSA) is 67.4 Å². The van der Waals surface area contributed by atoms with Gasteiger partial charge in [-0.05, 0) is 52.9 Å². The van der Waals surface area contributed by atoms with Gasteiger partial charge in [-0.25, -0.2) is 0 Å². The van der Waals surface area contributed by atoms with Crippen molar-refractivity contribution >= 4 is 11.6 Å². The van der Waals surface area contributed by atoms with Gasteiger partial charge in [0.15, 0.2) is 5.75 Å². The van der Waals surface area contributed by atoms with E-state index in [1.165, 1.54) is 5.56 Å². The lowest BCUT2D eigenvalue weighted by molar-refractivity contribution is 0.304. The standard InChI is InChI=1S/C26H25ClN2O3/c1-26(2,3)18-6-10-20(11-7-18)32-24-15-28-29-25(24)22-13-12-21(14-23(22)30)31-16-17-4-8-19(27)9-5-17/h4-15,30H,16H2,1-3H3,(H,28,29). The molecule has 5 nitrogen and oxygen atoms in total. The Kier molecular flexibility index (Phi) is 6.10. The molecule has 0 atom stereocenters. The molecular formula is C26H25ClN2O3. The summed E-state index contributed by atoms with van der Waals surface area (Å²) < 4.78 is 11.8. The lowest BCUT2D eigenvalue weighted by atomic mass is 9.87. The van der Waals surface area contributed by atoms with Crippen LogP contribution in [0.1, 0.15) is 31.9 Å². The number of nitrogens with one attached hydrogen (secondary N) is 1. The molecule has 0 amide bonds. The van der Waals surface area contributed by atoms with Crippen LogP contribution < -0.4 is 9.47 Å². The molecule has 0 bridgehead atoms. The van der Waals surface area contributed by atoms with E-state index < -0.39 is 0 Å². The lowest BCUT2D eigenvalue weighted by Crippen LogP contribution is -2.10. The van der Waals surface area contributed by atoms with Gasteiger partial charge in [-0.3, -0.25) is 5.10 Å². The number of nitrogens with zero attached hydrogens (tertiary/aromatic N) is 1. The molecule has 0 saturated heterocycles. The SMILES string of the molecule is CC(C)(C)c1ccc(Oc2cn[nH]c2-c2ccc(OCc3ccc(Cl)cc3)cc2O)cc1. The van der Waals surface area contributed by atoms with Crippen molar-refractivity contribution in [2.75, 3.05) is 0 Å². The Hall–Kier alpha value is -3.44. The summed E-state index contributed by atoms with van der Waals surface area (Å²) in [6.45, 7) is 6.88. The fourth-order valence-corrected chi connectivity index (χ4v) is 3.38. The summed E-state index contributed by atoms with van der Waals surface area (Å²) in [5, 5.41) is 18.3. The first-order chi connectivity index (χ1) is 15.3. The molecule has 164 valence electrons. The molecule has 1 heterocycles. The molecular weight excluding hydrogens is 424 g/mol. The average Bonchev–Trinajstić information content (AvgIpc) is 3.21. The van der Waals surface area contributed by atoms with E-state index >= 15 is 0 Å². The third kappa shape index (κ3) is 5.06. The molecule has 1 aromatic heterocycles. The van der Waals surface area contributed by atoms with Crippen LogP contribution in [0.3, 0.4) is 0 Å². The largest absolute Gasteiger partial charge is 0.507 e. The first-order valence-electron chi connectivity index (χ1n) is 10.3. The number of aromatic hydroxyl groups is 1. The molecule has 6 heteroatoms. The smallest absolute Gasteiger partial charge is 0.173 e. The predicted molar refractivity (Wildman–Crippen MR) is 127 cm³/mol. The molecule has 0 aliphatic rings. The Balaban J connectivity index is 1.48. The number of ether oxygens (including phenoxy) is 2. The van der Waals surface area contributed by atoms with Gasteiger partial charge < -0.3 is 14.6 Å². The lowest BCUT2D eigenvalue weighted by Gasteiger charge is -2.19. The fourth-order valence-electron chi connectivity index (χ4n) is 3.26. The second-order valence-electron chi connectivity index (χ2n) is 8.58. The molecule has 4 rings (SSSR count). The monoisotopic (exact) mass is 448 g/mol. The van der Waals surface area contributed by atoms with E-state index in [2.05, 4.69) is 43.1 Å². The maximum Gasteiger partial charge on any atom is 0.173 e. The molecule has 0 fully saturated rings. The van der Waals surface area contributed by atoms with Gasteiger partial charge in [-0.15, -0.1) is 0 Å². The minimum atomic E-state index is 0.0655. The summed E-state index contributed by atoms with van der Waals surface area (Å²) >= 11 is 5.91. The second kappa shape index (κ2) is 8.97. The molecule has 0 aliphatic heterocycles. The van der Waals surface area contributed by atoms with E-state index in [4.69, 9.17) is 21.1 Å². The quantitative estimate of drug-likeness (QED) is 0.330. The zero-order valence-electron chi connectivity index (χ0n) is 18.2. The highest BCUT2D eigenvalue weighted by Gasteiger charge is 2.16. The summed E-state index contributed by atoms with van der Waals surface area (Å²) in [5.41, 5.74) is 3.45. The predicted octanol–water partition coefficient (Wildman–Crippen LogP) is 7.10.